The number of ether oxygens (including phenoxy) is 1. The number of carbonyl (C=O) groups is 2. The Labute approximate surface area is 176 Å². The molecule has 3 N–H and O–H groups in total. The lowest BCUT2D eigenvalue weighted by atomic mass is 10.0. The number of rotatable bonds is 8. The summed E-state index contributed by atoms with van der Waals surface area (Å²) in [7, 11) is 1.63. The van der Waals surface area contributed by atoms with E-state index >= 15 is 0 Å². The van der Waals surface area contributed by atoms with Crippen molar-refractivity contribution < 1.29 is 14.3 Å². The van der Waals surface area contributed by atoms with Crippen molar-refractivity contribution >= 4 is 28.9 Å². The maximum absolute atomic E-state index is 12.5. The Kier molecular flexibility index (Phi) is 7.05. The summed E-state index contributed by atoms with van der Waals surface area (Å²) in [4.78, 5) is 24.1. The number of amides is 2. The average molecular weight is 403 g/mol. The second-order valence-electron chi connectivity index (χ2n) is 6.85. The molecule has 0 aliphatic carbocycles. The summed E-state index contributed by atoms with van der Waals surface area (Å²) in [6.07, 6.45) is 0.148. The van der Waals surface area contributed by atoms with E-state index < -0.39 is 0 Å². The van der Waals surface area contributed by atoms with Gasteiger partial charge in [-0.2, -0.15) is 0 Å². The average Bonchev–Trinajstić information content (AvgIpc) is 2.75. The number of nitrogens with one attached hydrogen (secondary N) is 3. The van der Waals surface area contributed by atoms with Gasteiger partial charge in [-0.25, -0.2) is 0 Å². The molecule has 3 rings (SSSR count). The van der Waals surface area contributed by atoms with E-state index in [0.717, 1.165) is 22.7 Å². The Bertz CT molecular complexity index is 971. The van der Waals surface area contributed by atoms with Crippen LogP contribution in [0.1, 0.15) is 24.9 Å². The maximum atomic E-state index is 12.5. The van der Waals surface area contributed by atoms with Crippen molar-refractivity contribution in [2.75, 3.05) is 17.7 Å². The molecule has 6 heteroatoms. The van der Waals surface area contributed by atoms with E-state index in [1.54, 1.807) is 7.11 Å². The highest BCUT2D eigenvalue weighted by molar-refractivity contribution is 5.91. The third kappa shape index (κ3) is 6.10. The van der Waals surface area contributed by atoms with E-state index in [2.05, 4.69) is 16.0 Å². The largest absolute Gasteiger partial charge is 0.497 e. The second kappa shape index (κ2) is 10.1. The number of benzene rings is 3. The molecule has 2 amide bonds. The van der Waals surface area contributed by atoms with Crippen LogP contribution < -0.4 is 20.7 Å². The smallest absolute Gasteiger partial charge is 0.226 e. The van der Waals surface area contributed by atoms with Crippen molar-refractivity contribution in [1.82, 2.24) is 5.32 Å². The Hall–Kier alpha value is -3.80. The van der Waals surface area contributed by atoms with E-state index in [4.69, 9.17) is 4.74 Å². The molecule has 154 valence electrons. The van der Waals surface area contributed by atoms with Crippen LogP contribution >= 0.6 is 0 Å². The van der Waals surface area contributed by atoms with Crippen LogP contribution in [-0.4, -0.2) is 18.9 Å². The molecule has 0 spiro atoms. The minimum Gasteiger partial charge on any atom is -0.497 e. The maximum Gasteiger partial charge on any atom is 0.226 e. The molecule has 0 fully saturated rings. The van der Waals surface area contributed by atoms with Crippen LogP contribution in [0.5, 0.6) is 5.75 Å². The van der Waals surface area contributed by atoms with E-state index in [1.165, 1.54) is 6.92 Å². The Morgan fingerprint density at radius 1 is 0.833 bits per heavy atom. The van der Waals surface area contributed by atoms with Crippen molar-refractivity contribution in [3.63, 3.8) is 0 Å². The van der Waals surface area contributed by atoms with E-state index in [0.29, 0.717) is 5.69 Å². The van der Waals surface area contributed by atoms with Crippen LogP contribution in [0.15, 0.2) is 78.9 Å². The first-order valence-corrected chi connectivity index (χ1v) is 9.66. The predicted octanol–water partition coefficient (Wildman–Crippen LogP) is 4.64. The zero-order valence-corrected chi connectivity index (χ0v) is 17.0. The molecule has 0 aliphatic rings. The standard InChI is InChI=1S/C24H25N3O3/c1-17(28)25-23(18-6-4-3-5-7-18)16-24(29)27-21-10-8-19(9-11-21)26-20-12-14-22(30-2)15-13-20/h3-15,23,26H,16H2,1-2H3,(H,25,28)(H,27,29)/t23-/m1/s1. The van der Waals surface area contributed by atoms with Gasteiger partial charge in [0.25, 0.3) is 0 Å². The molecular weight excluding hydrogens is 378 g/mol. The second-order valence-corrected chi connectivity index (χ2v) is 6.85. The SMILES string of the molecule is COc1ccc(Nc2ccc(NC(=O)C[C@@H](NC(C)=O)c3ccccc3)cc2)cc1. The van der Waals surface area contributed by atoms with Crippen molar-refractivity contribution in [1.29, 1.82) is 0 Å². The lowest BCUT2D eigenvalue weighted by molar-refractivity contribution is -0.120. The lowest BCUT2D eigenvalue weighted by Gasteiger charge is -2.18. The van der Waals surface area contributed by atoms with Gasteiger partial charge in [0.1, 0.15) is 5.75 Å². The molecule has 3 aromatic carbocycles. The molecule has 0 saturated heterocycles. The topological polar surface area (TPSA) is 79.5 Å². The molecule has 0 aromatic heterocycles. The van der Waals surface area contributed by atoms with Gasteiger partial charge in [0.2, 0.25) is 11.8 Å². The Balaban J connectivity index is 1.59. The van der Waals surface area contributed by atoms with E-state index in [1.807, 2.05) is 78.9 Å². The molecule has 0 bridgehead atoms. The molecule has 0 radical (unpaired) electrons. The third-order valence-corrected chi connectivity index (χ3v) is 4.52. The molecule has 0 aliphatic heterocycles. The molecule has 0 saturated carbocycles. The van der Waals surface area contributed by atoms with Gasteiger partial charge in [-0.1, -0.05) is 30.3 Å². The molecule has 1 atom stereocenters. The van der Waals surface area contributed by atoms with Gasteiger partial charge in [0, 0.05) is 24.0 Å². The fourth-order valence-electron chi connectivity index (χ4n) is 3.06. The first kappa shape index (κ1) is 20.9. The first-order valence-electron chi connectivity index (χ1n) is 9.66. The molecule has 0 unspecified atom stereocenters. The fourth-order valence-corrected chi connectivity index (χ4v) is 3.06. The van der Waals surface area contributed by atoms with Crippen LogP contribution in [0.4, 0.5) is 17.1 Å². The molecule has 3 aromatic rings. The number of hydrogen-bond donors (Lipinski definition) is 3. The van der Waals surface area contributed by atoms with Crippen molar-refractivity contribution in [2.24, 2.45) is 0 Å². The monoisotopic (exact) mass is 403 g/mol. The van der Waals surface area contributed by atoms with Crippen molar-refractivity contribution in [3.8, 4) is 5.75 Å². The third-order valence-electron chi connectivity index (χ3n) is 4.52. The molecule has 6 nitrogen and oxygen atoms in total. The van der Waals surface area contributed by atoms with Crippen LogP contribution in [-0.2, 0) is 9.59 Å². The van der Waals surface area contributed by atoms with Gasteiger partial charge in [-0.3, -0.25) is 9.59 Å². The molecule has 30 heavy (non-hydrogen) atoms. The van der Waals surface area contributed by atoms with Gasteiger partial charge in [0.15, 0.2) is 0 Å². The summed E-state index contributed by atoms with van der Waals surface area (Å²) in [5.74, 6) is 0.450. The predicted molar refractivity (Wildman–Crippen MR) is 119 cm³/mol. The van der Waals surface area contributed by atoms with E-state index in [-0.39, 0.29) is 24.3 Å². The normalized spacial score (nSPS) is 11.3. The highest BCUT2D eigenvalue weighted by Crippen LogP contribution is 2.22. The van der Waals surface area contributed by atoms with Crippen LogP contribution in [0.2, 0.25) is 0 Å². The van der Waals surface area contributed by atoms with Crippen LogP contribution in [0.25, 0.3) is 0 Å². The first-order chi connectivity index (χ1) is 14.5. The van der Waals surface area contributed by atoms with Crippen molar-refractivity contribution in [3.05, 3.63) is 84.4 Å². The van der Waals surface area contributed by atoms with Crippen LogP contribution in [0.3, 0.4) is 0 Å². The number of methoxy groups -OCH3 is 1. The number of hydrogen-bond acceptors (Lipinski definition) is 4. The lowest BCUT2D eigenvalue weighted by Crippen LogP contribution is -2.29. The summed E-state index contributed by atoms with van der Waals surface area (Å²) >= 11 is 0. The summed E-state index contributed by atoms with van der Waals surface area (Å²) in [6.45, 7) is 1.45. The van der Waals surface area contributed by atoms with Gasteiger partial charge in [0.05, 0.1) is 19.6 Å². The molecular formula is C24H25N3O3. The highest BCUT2D eigenvalue weighted by Gasteiger charge is 2.17. The Morgan fingerprint density at radius 2 is 1.40 bits per heavy atom. The zero-order valence-electron chi connectivity index (χ0n) is 17.0. The Morgan fingerprint density at radius 3 is 1.97 bits per heavy atom. The van der Waals surface area contributed by atoms with Crippen LogP contribution in [0, 0.1) is 0 Å². The highest BCUT2D eigenvalue weighted by atomic mass is 16.5. The van der Waals surface area contributed by atoms with Crippen molar-refractivity contribution in [2.45, 2.75) is 19.4 Å². The fraction of sp³-hybridized carbons (Fsp3) is 0.167. The summed E-state index contributed by atoms with van der Waals surface area (Å²) in [6, 6.07) is 24.2. The van der Waals surface area contributed by atoms with Gasteiger partial charge in [-0.05, 0) is 54.1 Å². The minimum absolute atomic E-state index is 0.148. The summed E-state index contributed by atoms with van der Waals surface area (Å²) in [5.41, 5.74) is 3.42. The van der Waals surface area contributed by atoms with Gasteiger partial charge < -0.3 is 20.7 Å². The number of carbonyl (C=O) groups excluding carboxylic acids is 2. The van der Waals surface area contributed by atoms with E-state index in [9.17, 15) is 9.59 Å². The zero-order chi connectivity index (χ0) is 21.3. The van der Waals surface area contributed by atoms with Gasteiger partial charge >= 0.3 is 0 Å². The minimum atomic E-state index is -0.375. The summed E-state index contributed by atoms with van der Waals surface area (Å²) < 4.78 is 5.16. The quantitative estimate of drug-likeness (QED) is 0.512. The molecule has 0 heterocycles. The summed E-state index contributed by atoms with van der Waals surface area (Å²) in [5, 5.41) is 9.02. The number of anilines is 3. The van der Waals surface area contributed by atoms with Gasteiger partial charge in [-0.15, -0.1) is 0 Å².